The Morgan fingerprint density at radius 3 is 2.83 bits per heavy atom. The summed E-state index contributed by atoms with van der Waals surface area (Å²) in [5, 5.41) is 6.92. The summed E-state index contributed by atoms with van der Waals surface area (Å²) in [4.78, 5) is 12.2. The van der Waals surface area contributed by atoms with Crippen molar-refractivity contribution in [3.05, 3.63) is 33.0 Å². The van der Waals surface area contributed by atoms with E-state index in [0.717, 1.165) is 18.7 Å². The number of hydrogen-bond acceptors (Lipinski definition) is 3. The summed E-state index contributed by atoms with van der Waals surface area (Å²) in [6.45, 7) is 4.71. The third kappa shape index (κ3) is 2.03. The summed E-state index contributed by atoms with van der Waals surface area (Å²) in [6.07, 6.45) is 0.938. The van der Waals surface area contributed by atoms with Gasteiger partial charge in [0, 0.05) is 19.3 Å². The molecule has 0 atom stereocenters. The number of aromatic nitrogens is 4. The third-order valence-corrected chi connectivity index (χ3v) is 3.31. The Morgan fingerprint density at radius 1 is 1.44 bits per heavy atom. The van der Waals surface area contributed by atoms with Crippen molar-refractivity contribution in [2.24, 2.45) is 7.05 Å². The van der Waals surface area contributed by atoms with E-state index < -0.39 is 0 Å². The highest BCUT2D eigenvalue weighted by Gasteiger charge is 2.13. The quantitative estimate of drug-likeness (QED) is 0.863. The Hall–Kier alpha value is -1.69. The van der Waals surface area contributed by atoms with Gasteiger partial charge in [-0.15, -0.1) is 0 Å². The number of nitrogens with one attached hydrogen (secondary N) is 1. The van der Waals surface area contributed by atoms with Gasteiger partial charge in [0.15, 0.2) is 10.6 Å². The zero-order valence-electron chi connectivity index (χ0n) is 10.7. The van der Waals surface area contributed by atoms with Crippen LogP contribution < -0.4 is 5.56 Å². The summed E-state index contributed by atoms with van der Waals surface area (Å²) >= 11 is 5.18. The molecule has 0 radical (unpaired) electrons. The van der Waals surface area contributed by atoms with E-state index in [1.54, 1.807) is 17.7 Å². The fraction of sp³-hybridized carbons (Fsp3) is 0.417. The molecule has 0 unspecified atom stereocenters. The lowest BCUT2D eigenvalue weighted by Gasteiger charge is -2.08. The van der Waals surface area contributed by atoms with E-state index in [0.29, 0.717) is 16.2 Å². The van der Waals surface area contributed by atoms with Crippen LogP contribution in [0, 0.1) is 11.7 Å². The summed E-state index contributed by atoms with van der Waals surface area (Å²) in [7, 11) is 1.76. The van der Waals surface area contributed by atoms with Crippen molar-refractivity contribution in [3.63, 3.8) is 0 Å². The monoisotopic (exact) mass is 264 g/mol. The summed E-state index contributed by atoms with van der Waals surface area (Å²) in [5.41, 5.74) is 1.44. The highest BCUT2D eigenvalue weighted by molar-refractivity contribution is 7.71. The Labute approximate surface area is 110 Å². The van der Waals surface area contributed by atoms with Crippen molar-refractivity contribution in [1.29, 1.82) is 0 Å². The van der Waals surface area contributed by atoms with Gasteiger partial charge in [-0.1, -0.05) is 6.92 Å². The lowest BCUT2D eigenvalue weighted by molar-refractivity contribution is 0.673. The zero-order valence-corrected chi connectivity index (χ0v) is 11.5. The van der Waals surface area contributed by atoms with Crippen molar-refractivity contribution < 1.29 is 0 Å². The van der Waals surface area contributed by atoms with E-state index in [4.69, 9.17) is 12.2 Å². The molecule has 2 aromatic heterocycles. The normalized spacial score (nSPS) is 10.8. The Balaban J connectivity index is 2.67. The topological polar surface area (TPSA) is 55.6 Å². The van der Waals surface area contributed by atoms with Crippen LogP contribution in [0.4, 0.5) is 0 Å². The number of H-pyrrole nitrogens is 1. The highest BCUT2D eigenvalue weighted by atomic mass is 32.1. The molecule has 0 saturated carbocycles. The summed E-state index contributed by atoms with van der Waals surface area (Å²) in [5.74, 6) is 0.613. The number of pyridine rings is 1. The van der Waals surface area contributed by atoms with E-state index in [-0.39, 0.29) is 5.56 Å². The molecule has 0 amide bonds. The number of rotatable bonds is 3. The SMILES string of the molecule is CCCn1c(-c2ccc(C)n(C)c2=O)n[nH]c1=S. The molecule has 0 fully saturated rings. The molecular formula is C12H16N4OS. The molecule has 0 aliphatic carbocycles. The van der Waals surface area contributed by atoms with Gasteiger partial charge < -0.3 is 9.13 Å². The molecule has 2 heterocycles. The van der Waals surface area contributed by atoms with Crippen molar-refractivity contribution in [2.45, 2.75) is 26.8 Å². The lowest BCUT2D eigenvalue weighted by Crippen LogP contribution is -2.21. The second-order valence-corrected chi connectivity index (χ2v) is 4.64. The Morgan fingerprint density at radius 2 is 2.17 bits per heavy atom. The minimum atomic E-state index is -0.0543. The molecule has 0 aliphatic heterocycles. The van der Waals surface area contributed by atoms with Gasteiger partial charge in [-0.25, -0.2) is 0 Å². The van der Waals surface area contributed by atoms with Gasteiger partial charge in [-0.2, -0.15) is 5.10 Å². The molecule has 0 spiro atoms. The minimum Gasteiger partial charge on any atom is -0.315 e. The van der Waals surface area contributed by atoms with Crippen LogP contribution in [-0.2, 0) is 13.6 Å². The second-order valence-electron chi connectivity index (χ2n) is 4.26. The maximum Gasteiger partial charge on any atom is 0.261 e. The van der Waals surface area contributed by atoms with Gasteiger partial charge >= 0.3 is 0 Å². The fourth-order valence-corrected chi connectivity index (χ4v) is 2.08. The number of nitrogens with zero attached hydrogens (tertiary/aromatic N) is 3. The van der Waals surface area contributed by atoms with Crippen LogP contribution >= 0.6 is 12.2 Å². The molecule has 0 aliphatic rings. The minimum absolute atomic E-state index is 0.0543. The maximum absolute atomic E-state index is 12.2. The first-order valence-corrected chi connectivity index (χ1v) is 6.29. The van der Waals surface area contributed by atoms with Crippen LogP contribution in [0.2, 0.25) is 0 Å². The van der Waals surface area contributed by atoms with Gasteiger partial charge in [0.1, 0.15) is 0 Å². The van der Waals surface area contributed by atoms with E-state index >= 15 is 0 Å². The molecule has 18 heavy (non-hydrogen) atoms. The van der Waals surface area contributed by atoms with Gasteiger partial charge in [0.2, 0.25) is 0 Å². The van der Waals surface area contributed by atoms with Crippen molar-refractivity contribution >= 4 is 12.2 Å². The fourth-order valence-electron chi connectivity index (χ4n) is 1.85. The lowest BCUT2D eigenvalue weighted by atomic mass is 10.2. The Bertz CT molecular complexity index is 680. The van der Waals surface area contributed by atoms with Crippen molar-refractivity contribution in [2.75, 3.05) is 0 Å². The second kappa shape index (κ2) is 4.89. The highest BCUT2D eigenvalue weighted by Crippen LogP contribution is 2.14. The Kier molecular flexibility index (Phi) is 3.47. The predicted octanol–water partition coefficient (Wildman–Crippen LogP) is 2.02. The van der Waals surface area contributed by atoms with Gasteiger partial charge in [-0.3, -0.25) is 9.89 Å². The smallest absolute Gasteiger partial charge is 0.261 e. The number of aromatic amines is 1. The van der Waals surface area contributed by atoms with Gasteiger partial charge in [-0.05, 0) is 37.7 Å². The molecule has 5 nitrogen and oxygen atoms in total. The van der Waals surface area contributed by atoms with Crippen molar-refractivity contribution in [3.8, 4) is 11.4 Å². The largest absolute Gasteiger partial charge is 0.315 e. The molecule has 96 valence electrons. The van der Waals surface area contributed by atoms with E-state index in [9.17, 15) is 4.79 Å². The standard InChI is InChI=1S/C12H16N4OS/c1-4-7-16-10(13-14-12(16)18)9-6-5-8(2)15(3)11(9)17/h5-6H,4,7H2,1-3H3,(H,14,18). The van der Waals surface area contributed by atoms with Crippen LogP contribution in [0.1, 0.15) is 19.0 Å². The first kappa shape index (κ1) is 12.8. The van der Waals surface area contributed by atoms with Gasteiger partial charge in [0.05, 0.1) is 5.56 Å². The van der Waals surface area contributed by atoms with Crippen LogP contribution in [0.5, 0.6) is 0 Å². The zero-order chi connectivity index (χ0) is 13.3. The number of aryl methyl sites for hydroxylation is 1. The van der Waals surface area contributed by atoms with Crippen LogP contribution in [0.3, 0.4) is 0 Å². The molecule has 0 saturated heterocycles. The van der Waals surface area contributed by atoms with Crippen LogP contribution in [0.25, 0.3) is 11.4 Å². The molecule has 0 bridgehead atoms. The van der Waals surface area contributed by atoms with E-state index in [1.165, 1.54) is 0 Å². The first-order valence-electron chi connectivity index (χ1n) is 5.88. The first-order chi connectivity index (χ1) is 8.56. The predicted molar refractivity (Wildman–Crippen MR) is 73.1 cm³/mol. The molecule has 6 heteroatoms. The van der Waals surface area contributed by atoms with Crippen LogP contribution in [0.15, 0.2) is 16.9 Å². The molecule has 2 aromatic rings. The number of hydrogen-bond donors (Lipinski definition) is 1. The van der Waals surface area contributed by atoms with Gasteiger partial charge in [0.25, 0.3) is 5.56 Å². The molecule has 2 rings (SSSR count). The summed E-state index contributed by atoms with van der Waals surface area (Å²) < 4.78 is 4.03. The average molecular weight is 264 g/mol. The molecule has 0 aromatic carbocycles. The van der Waals surface area contributed by atoms with Crippen molar-refractivity contribution in [1.82, 2.24) is 19.3 Å². The van der Waals surface area contributed by atoms with Crippen LogP contribution in [-0.4, -0.2) is 19.3 Å². The molecular weight excluding hydrogens is 248 g/mol. The average Bonchev–Trinajstić information content (AvgIpc) is 2.70. The van der Waals surface area contributed by atoms with E-state index in [1.807, 2.05) is 17.6 Å². The van der Waals surface area contributed by atoms with E-state index in [2.05, 4.69) is 17.1 Å². The maximum atomic E-state index is 12.2. The summed E-state index contributed by atoms with van der Waals surface area (Å²) in [6, 6.07) is 3.71. The third-order valence-electron chi connectivity index (χ3n) is 3.00. The molecule has 1 N–H and O–H groups in total.